The van der Waals surface area contributed by atoms with Gasteiger partial charge in [0.15, 0.2) is 5.13 Å². The van der Waals surface area contributed by atoms with Gasteiger partial charge in [0.2, 0.25) is 0 Å². The van der Waals surface area contributed by atoms with Crippen LogP contribution in [-0.2, 0) is 4.79 Å². The Balaban J connectivity index is 2.29. The summed E-state index contributed by atoms with van der Waals surface area (Å²) < 4.78 is 0. The van der Waals surface area contributed by atoms with Gasteiger partial charge in [-0.25, -0.2) is 4.98 Å². The lowest BCUT2D eigenvalue weighted by Crippen LogP contribution is -2.13. The fraction of sp³-hybridized carbons (Fsp3) is 0.0714. The van der Waals surface area contributed by atoms with E-state index in [0.29, 0.717) is 16.3 Å². The number of nitriles is 1. The van der Waals surface area contributed by atoms with Gasteiger partial charge in [0.05, 0.1) is 4.92 Å². The minimum atomic E-state index is -0.610. The fourth-order valence-corrected chi connectivity index (χ4v) is 2.20. The van der Waals surface area contributed by atoms with Gasteiger partial charge in [0, 0.05) is 23.2 Å². The van der Waals surface area contributed by atoms with E-state index in [0.717, 1.165) is 0 Å². The Kier molecular flexibility index (Phi) is 4.60. The maximum absolute atomic E-state index is 12.0. The molecule has 0 fully saturated rings. The van der Waals surface area contributed by atoms with Crippen molar-refractivity contribution < 1.29 is 9.72 Å². The lowest BCUT2D eigenvalue weighted by molar-refractivity contribution is -0.385. The van der Waals surface area contributed by atoms with Crippen LogP contribution in [0, 0.1) is 28.4 Å². The summed E-state index contributed by atoms with van der Waals surface area (Å²) in [6.07, 6.45) is 2.83. The molecule has 0 aliphatic heterocycles. The van der Waals surface area contributed by atoms with Crippen LogP contribution in [0.1, 0.15) is 11.1 Å². The monoisotopic (exact) mass is 314 g/mol. The van der Waals surface area contributed by atoms with Crippen molar-refractivity contribution in [3.8, 4) is 6.07 Å². The van der Waals surface area contributed by atoms with E-state index in [4.69, 9.17) is 5.26 Å². The van der Waals surface area contributed by atoms with Crippen LogP contribution in [0.2, 0.25) is 0 Å². The number of carbonyl (C=O) groups is 1. The van der Waals surface area contributed by atoms with Crippen molar-refractivity contribution in [2.45, 2.75) is 6.92 Å². The number of rotatable bonds is 4. The zero-order chi connectivity index (χ0) is 16.1. The summed E-state index contributed by atoms with van der Waals surface area (Å²) in [6.45, 7) is 1.62. The van der Waals surface area contributed by atoms with E-state index in [1.54, 1.807) is 30.5 Å². The van der Waals surface area contributed by atoms with Gasteiger partial charge < -0.3 is 0 Å². The number of nitrogens with one attached hydrogen (secondary N) is 1. The first-order chi connectivity index (χ1) is 10.5. The molecule has 0 aliphatic carbocycles. The first kappa shape index (κ1) is 15.3. The van der Waals surface area contributed by atoms with Gasteiger partial charge >= 0.3 is 0 Å². The second-order valence-corrected chi connectivity index (χ2v) is 5.16. The van der Waals surface area contributed by atoms with Crippen LogP contribution in [0.25, 0.3) is 6.08 Å². The molecule has 8 heteroatoms. The number of aryl methyl sites for hydroxylation is 1. The maximum atomic E-state index is 12.0. The Bertz CT molecular complexity index is 791. The second kappa shape index (κ2) is 6.60. The van der Waals surface area contributed by atoms with Crippen molar-refractivity contribution in [3.63, 3.8) is 0 Å². The van der Waals surface area contributed by atoms with E-state index in [-0.39, 0.29) is 11.3 Å². The standard InChI is InChI=1S/C14H10N4O3S/c1-9-2-3-10(7-12(9)18(20)21)6-11(8-15)13(19)17-14-16-4-5-22-14/h2-7H,1H3,(H,16,17,19)/b11-6+. The quantitative estimate of drug-likeness (QED) is 0.404. The number of carbonyl (C=O) groups excluding carboxylic acids is 1. The van der Waals surface area contributed by atoms with E-state index in [9.17, 15) is 14.9 Å². The number of thiazole rings is 1. The zero-order valence-electron chi connectivity index (χ0n) is 11.4. The number of anilines is 1. The summed E-state index contributed by atoms with van der Waals surface area (Å²) in [7, 11) is 0. The lowest BCUT2D eigenvalue weighted by atomic mass is 10.1. The van der Waals surface area contributed by atoms with Gasteiger partial charge in [-0.2, -0.15) is 5.26 Å². The molecule has 0 unspecified atom stereocenters. The van der Waals surface area contributed by atoms with E-state index < -0.39 is 10.8 Å². The van der Waals surface area contributed by atoms with Gasteiger partial charge in [-0.3, -0.25) is 20.2 Å². The first-order valence-corrected chi connectivity index (χ1v) is 6.97. The Labute approximate surface area is 129 Å². The topological polar surface area (TPSA) is 109 Å². The molecule has 110 valence electrons. The highest BCUT2D eigenvalue weighted by Gasteiger charge is 2.13. The minimum absolute atomic E-state index is 0.0635. The first-order valence-electron chi connectivity index (χ1n) is 6.09. The highest BCUT2D eigenvalue weighted by Crippen LogP contribution is 2.21. The summed E-state index contributed by atoms with van der Waals surface area (Å²) >= 11 is 1.22. The van der Waals surface area contributed by atoms with Crippen molar-refractivity contribution in [2.75, 3.05) is 5.32 Å². The largest absolute Gasteiger partial charge is 0.297 e. The van der Waals surface area contributed by atoms with Crippen molar-refractivity contribution in [1.29, 1.82) is 5.26 Å². The minimum Gasteiger partial charge on any atom is -0.297 e. The molecule has 0 saturated heterocycles. The number of amides is 1. The van der Waals surface area contributed by atoms with Gasteiger partial charge in [0.25, 0.3) is 11.6 Å². The molecular weight excluding hydrogens is 304 g/mol. The van der Waals surface area contributed by atoms with Crippen LogP contribution in [0.15, 0.2) is 35.3 Å². The summed E-state index contributed by atoms with van der Waals surface area (Å²) in [5, 5.41) is 24.5. The Morgan fingerprint density at radius 1 is 1.55 bits per heavy atom. The van der Waals surface area contributed by atoms with Crippen molar-refractivity contribution in [1.82, 2.24) is 4.98 Å². The fourth-order valence-electron chi connectivity index (χ4n) is 1.68. The molecule has 0 atom stereocenters. The predicted octanol–water partition coefficient (Wildman–Crippen LogP) is 2.91. The van der Waals surface area contributed by atoms with Gasteiger partial charge in [0.1, 0.15) is 11.6 Å². The summed E-state index contributed by atoms with van der Waals surface area (Å²) in [6, 6.07) is 6.28. The van der Waals surface area contributed by atoms with Crippen LogP contribution in [-0.4, -0.2) is 15.8 Å². The molecule has 1 heterocycles. The predicted molar refractivity (Wildman–Crippen MR) is 82.2 cm³/mol. The Hall–Kier alpha value is -3.05. The number of hydrogen-bond donors (Lipinski definition) is 1. The lowest BCUT2D eigenvalue weighted by Gasteiger charge is -2.01. The van der Waals surface area contributed by atoms with Crippen LogP contribution >= 0.6 is 11.3 Å². The molecule has 1 aromatic carbocycles. The molecule has 2 aromatic rings. The van der Waals surface area contributed by atoms with Gasteiger partial charge in [-0.1, -0.05) is 12.1 Å². The van der Waals surface area contributed by atoms with Crippen molar-refractivity contribution in [2.24, 2.45) is 0 Å². The molecule has 0 radical (unpaired) electrons. The second-order valence-electron chi connectivity index (χ2n) is 4.26. The highest BCUT2D eigenvalue weighted by atomic mass is 32.1. The Morgan fingerprint density at radius 3 is 2.91 bits per heavy atom. The molecular formula is C14H10N4O3S. The van der Waals surface area contributed by atoms with E-state index >= 15 is 0 Å². The summed E-state index contributed by atoms with van der Waals surface area (Å²) in [5.74, 6) is -0.610. The Morgan fingerprint density at radius 2 is 2.32 bits per heavy atom. The van der Waals surface area contributed by atoms with Crippen LogP contribution in [0.5, 0.6) is 0 Å². The number of benzene rings is 1. The molecule has 0 spiro atoms. The molecule has 0 bridgehead atoms. The smallest absolute Gasteiger partial charge is 0.272 e. The average molecular weight is 314 g/mol. The van der Waals surface area contributed by atoms with Gasteiger partial charge in [-0.05, 0) is 18.6 Å². The summed E-state index contributed by atoms with van der Waals surface area (Å²) in [4.78, 5) is 26.3. The SMILES string of the molecule is Cc1ccc(/C=C(\C#N)C(=O)Nc2nccs2)cc1[N+](=O)[O-]. The van der Waals surface area contributed by atoms with Crippen LogP contribution in [0.3, 0.4) is 0 Å². The van der Waals surface area contributed by atoms with Crippen LogP contribution < -0.4 is 5.32 Å². The molecule has 1 N–H and O–H groups in total. The average Bonchev–Trinajstić information content (AvgIpc) is 2.98. The third kappa shape index (κ3) is 3.53. The number of aromatic nitrogens is 1. The maximum Gasteiger partial charge on any atom is 0.272 e. The normalized spacial score (nSPS) is 10.8. The molecule has 1 amide bonds. The molecule has 7 nitrogen and oxygen atoms in total. The molecule has 1 aromatic heterocycles. The number of nitro benzene ring substituents is 1. The van der Waals surface area contributed by atoms with E-state index in [1.165, 1.54) is 29.7 Å². The summed E-state index contributed by atoms with van der Waals surface area (Å²) in [5.41, 5.74) is 0.691. The molecule has 0 aliphatic rings. The molecule has 0 saturated carbocycles. The van der Waals surface area contributed by atoms with E-state index in [1.807, 2.05) is 0 Å². The molecule has 22 heavy (non-hydrogen) atoms. The highest BCUT2D eigenvalue weighted by molar-refractivity contribution is 7.13. The number of hydrogen-bond acceptors (Lipinski definition) is 6. The van der Waals surface area contributed by atoms with Crippen molar-refractivity contribution in [3.05, 3.63) is 56.6 Å². The molecule has 2 rings (SSSR count). The van der Waals surface area contributed by atoms with Crippen molar-refractivity contribution >= 4 is 34.1 Å². The third-order valence-corrected chi connectivity index (χ3v) is 3.45. The number of nitrogens with zero attached hydrogens (tertiary/aromatic N) is 3. The van der Waals surface area contributed by atoms with Gasteiger partial charge in [-0.15, -0.1) is 11.3 Å². The van der Waals surface area contributed by atoms with Crippen LogP contribution in [0.4, 0.5) is 10.8 Å². The van der Waals surface area contributed by atoms with E-state index in [2.05, 4.69) is 10.3 Å². The third-order valence-electron chi connectivity index (χ3n) is 2.76. The zero-order valence-corrected chi connectivity index (χ0v) is 12.3. The number of nitro groups is 1.